The number of rotatable bonds is 6. The standard InChI is InChI=1S/C18H24N4O.HI/c1-4-14-6-5-7-16(10-14)22-18(19)21-12-15-8-9-17(20-11-15)23-13(2)3;/h5-11,13H,4,12H2,1-3H3,(H3,19,21,22);1H. The number of guanidine groups is 1. The number of aromatic nitrogens is 1. The van der Waals surface area contributed by atoms with Gasteiger partial charge in [-0.15, -0.1) is 24.0 Å². The van der Waals surface area contributed by atoms with Crippen LogP contribution in [0, 0.1) is 0 Å². The zero-order chi connectivity index (χ0) is 16.7. The predicted octanol–water partition coefficient (Wildman–Crippen LogP) is 3.98. The lowest BCUT2D eigenvalue weighted by atomic mass is 10.1. The molecule has 0 saturated carbocycles. The molecule has 24 heavy (non-hydrogen) atoms. The Hall–Kier alpha value is -1.83. The Labute approximate surface area is 160 Å². The van der Waals surface area contributed by atoms with E-state index >= 15 is 0 Å². The van der Waals surface area contributed by atoms with Crippen molar-refractivity contribution in [3.05, 3.63) is 53.7 Å². The predicted molar refractivity (Wildman–Crippen MR) is 110 cm³/mol. The van der Waals surface area contributed by atoms with Crippen LogP contribution in [0.5, 0.6) is 5.88 Å². The first-order chi connectivity index (χ1) is 11.1. The highest BCUT2D eigenvalue weighted by Gasteiger charge is 2.00. The van der Waals surface area contributed by atoms with Crippen LogP contribution in [0.2, 0.25) is 0 Å². The number of halogens is 1. The van der Waals surface area contributed by atoms with Crippen molar-refractivity contribution in [2.45, 2.75) is 39.8 Å². The molecule has 0 aliphatic heterocycles. The second kappa shape index (κ2) is 10.1. The fourth-order valence-corrected chi connectivity index (χ4v) is 2.05. The van der Waals surface area contributed by atoms with Gasteiger partial charge in [0.2, 0.25) is 5.88 Å². The van der Waals surface area contributed by atoms with Crippen LogP contribution in [0.4, 0.5) is 5.69 Å². The quantitative estimate of drug-likeness (QED) is 0.405. The van der Waals surface area contributed by atoms with E-state index in [1.165, 1.54) is 5.56 Å². The van der Waals surface area contributed by atoms with E-state index in [9.17, 15) is 0 Å². The summed E-state index contributed by atoms with van der Waals surface area (Å²) in [7, 11) is 0. The zero-order valence-electron chi connectivity index (χ0n) is 14.3. The summed E-state index contributed by atoms with van der Waals surface area (Å²) in [5.74, 6) is 1.01. The van der Waals surface area contributed by atoms with Crippen molar-refractivity contribution >= 4 is 35.6 Å². The summed E-state index contributed by atoms with van der Waals surface area (Å²) in [5, 5.41) is 3.11. The van der Waals surface area contributed by atoms with E-state index in [0.717, 1.165) is 17.7 Å². The lowest BCUT2D eigenvalue weighted by Gasteiger charge is -2.09. The van der Waals surface area contributed by atoms with Gasteiger partial charge < -0.3 is 15.8 Å². The fourth-order valence-electron chi connectivity index (χ4n) is 2.05. The highest BCUT2D eigenvalue weighted by atomic mass is 127. The average molecular weight is 440 g/mol. The van der Waals surface area contributed by atoms with Crippen molar-refractivity contribution in [3.63, 3.8) is 0 Å². The van der Waals surface area contributed by atoms with E-state index in [1.807, 2.05) is 38.1 Å². The SMILES string of the molecule is CCc1cccc(NC(N)=NCc2ccc(OC(C)C)nc2)c1.I. The van der Waals surface area contributed by atoms with E-state index in [1.54, 1.807) is 6.20 Å². The van der Waals surface area contributed by atoms with Gasteiger partial charge in [-0.25, -0.2) is 9.98 Å². The highest BCUT2D eigenvalue weighted by Crippen LogP contribution is 2.12. The molecule has 2 aromatic rings. The largest absolute Gasteiger partial charge is 0.475 e. The molecule has 1 aromatic heterocycles. The Kier molecular flexibility index (Phi) is 8.53. The van der Waals surface area contributed by atoms with Crippen molar-refractivity contribution in [1.29, 1.82) is 0 Å². The van der Waals surface area contributed by atoms with Crippen LogP contribution in [0.1, 0.15) is 31.9 Å². The number of anilines is 1. The summed E-state index contributed by atoms with van der Waals surface area (Å²) in [6.07, 6.45) is 2.86. The maximum absolute atomic E-state index is 5.93. The van der Waals surface area contributed by atoms with Gasteiger partial charge in [0.25, 0.3) is 0 Å². The van der Waals surface area contributed by atoms with E-state index in [0.29, 0.717) is 18.4 Å². The molecule has 5 nitrogen and oxygen atoms in total. The molecule has 0 saturated heterocycles. The van der Waals surface area contributed by atoms with Crippen molar-refractivity contribution < 1.29 is 4.74 Å². The van der Waals surface area contributed by atoms with Gasteiger partial charge in [-0.1, -0.05) is 25.1 Å². The van der Waals surface area contributed by atoms with Crippen LogP contribution in [0.3, 0.4) is 0 Å². The molecule has 3 N–H and O–H groups in total. The molecule has 0 fully saturated rings. The third-order valence-electron chi connectivity index (χ3n) is 3.19. The minimum atomic E-state index is 0. The number of nitrogens with zero attached hydrogens (tertiary/aromatic N) is 2. The number of benzene rings is 1. The number of nitrogens with two attached hydrogens (primary N) is 1. The Morgan fingerprint density at radius 3 is 2.67 bits per heavy atom. The molecule has 0 aliphatic rings. The number of hydrogen-bond donors (Lipinski definition) is 2. The lowest BCUT2D eigenvalue weighted by Crippen LogP contribution is -2.22. The minimum Gasteiger partial charge on any atom is -0.475 e. The normalized spacial score (nSPS) is 11.1. The van der Waals surface area contributed by atoms with E-state index in [4.69, 9.17) is 10.5 Å². The molecule has 1 aromatic carbocycles. The van der Waals surface area contributed by atoms with Crippen LogP contribution in [0.25, 0.3) is 0 Å². The Morgan fingerprint density at radius 1 is 1.25 bits per heavy atom. The smallest absolute Gasteiger partial charge is 0.213 e. The third-order valence-corrected chi connectivity index (χ3v) is 3.19. The number of aryl methyl sites for hydroxylation is 1. The summed E-state index contributed by atoms with van der Waals surface area (Å²) >= 11 is 0. The van der Waals surface area contributed by atoms with E-state index in [2.05, 4.69) is 34.3 Å². The molecule has 6 heteroatoms. The maximum Gasteiger partial charge on any atom is 0.213 e. The molecule has 0 amide bonds. The maximum atomic E-state index is 5.93. The number of nitrogens with one attached hydrogen (secondary N) is 1. The molecule has 0 unspecified atom stereocenters. The molecule has 0 spiro atoms. The molecule has 0 aliphatic carbocycles. The first kappa shape index (κ1) is 20.2. The van der Waals surface area contributed by atoms with Crippen LogP contribution in [-0.4, -0.2) is 17.0 Å². The van der Waals surface area contributed by atoms with Gasteiger partial charge in [-0.2, -0.15) is 0 Å². The van der Waals surface area contributed by atoms with Crippen LogP contribution in [0.15, 0.2) is 47.6 Å². The Morgan fingerprint density at radius 2 is 2.04 bits per heavy atom. The molecular weight excluding hydrogens is 415 g/mol. The Bertz CT molecular complexity index is 656. The van der Waals surface area contributed by atoms with Crippen molar-refractivity contribution in [1.82, 2.24) is 4.98 Å². The van der Waals surface area contributed by atoms with Gasteiger partial charge in [-0.05, 0) is 43.5 Å². The first-order valence-corrected chi connectivity index (χ1v) is 7.84. The van der Waals surface area contributed by atoms with Crippen molar-refractivity contribution in [2.75, 3.05) is 5.32 Å². The number of aliphatic imine (C=N–C) groups is 1. The summed E-state index contributed by atoms with van der Waals surface area (Å²) in [5.41, 5.74) is 9.12. The molecule has 2 rings (SSSR count). The average Bonchev–Trinajstić information content (AvgIpc) is 2.54. The molecule has 130 valence electrons. The summed E-state index contributed by atoms with van der Waals surface area (Å²) < 4.78 is 5.51. The second-order valence-electron chi connectivity index (χ2n) is 5.55. The van der Waals surface area contributed by atoms with Gasteiger partial charge in [-0.3, -0.25) is 0 Å². The van der Waals surface area contributed by atoms with Crippen molar-refractivity contribution in [3.8, 4) is 5.88 Å². The van der Waals surface area contributed by atoms with Gasteiger partial charge in [0.15, 0.2) is 5.96 Å². The fraction of sp³-hybridized carbons (Fsp3) is 0.333. The monoisotopic (exact) mass is 440 g/mol. The molecule has 0 radical (unpaired) electrons. The second-order valence-corrected chi connectivity index (χ2v) is 5.55. The molecule has 0 bridgehead atoms. The zero-order valence-corrected chi connectivity index (χ0v) is 16.7. The highest BCUT2D eigenvalue weighted by molar-refractivity contribution is 14.0. The van der Waals surface area contributed by atoms with Gasteiger partial charge in [0, 0.05) is 18.0 Å². The molecule has 0 atom stereocenters. The number of hydrogen-bond acceptors (Lipinski definition) is 3. The minimum absolute atomic E-state index is 0. The van der Waals surface area contributed by atoms with E-state index in [-0.39, 0.29) is 30.1 Å². The van der Waals surface area contributed by atoms with Gasteiger partial charge in [0.05, 0.1) is 12.6 Å². The first-order valence-electron chi connectivity index (χ1n) is 7.84. The van der Waals surface area contributed by atoms with Gasteiger partial charge >= 0.3 is 0 Å². The van der Waals surface area contributed by atoms with E-state index < -0.39 is 0 Å². The molecular formula is C18H25IN4O. The van der Waals surface area contributed by atoms with Crippen LogP contribution >= 0.6 is 24.0 Å². The van der Waals surface area contributed by atoms with Gasteiger partial charge in [0.1, 0.15) is 0 Å². The van der Waals surface area contributed by atoms with Crippen molar-refractivity contribution in [2.24, 2.45) is 10.7 Å². The van der Waals surface area contributed by atoms with Crippen LogP contribution in [-0.2, 0) is 13.0 Å². The summed E-state index contributed by atoms with van der Waals surface area (Å²) in [4.78, 5) is 8.59. The summed E-state index contributed by atoms with van der Waals surface area (Å²) in [6, 6.07) is 11.9. The number of pyridine rings is 1. The van der Waals surface area contributed by atoms with Crippen LogP contribution < -0.4 is 15.8 Å². The Balaban J connectivity index is 0.00000288. The lowest BCUT2D eigenvalue weighted by molar-refractivity contribution is 0.232. The topological polar surface area (TPSA) is 72.5 Å². The summed E-state index contributed by atoms with van der Waals surface area (Å²) in [6.45, 7) is 6.54. The number of ether oxygens (including phenoxy) is 1. The third kappa shape index (κ3) is 6.74. The molecule has 1 heterocycles.